The molecule has 0 spiro atoms. The molecule has 0 heterocycles. The van der Waals surface area contributed by atoms with E-state index in [1.165, 1.54) is 16.8 Å². The van der Waals surface area contributed by atoms with Crippen molar-refractivity contribution in [2.45, 2.75) is 33.2 Å². The summed E-state index contributed by atoms with van der Waals surface area (Å²) < 4.78 is 1.00. The number of nitrogens with one attached hydrogen (secondary N) is 1. The molecule has 1 atom stereocenters. The first kappa shape index (κ1) is 15.4. The van der Waals surface area contributed by atoms with Crippen LogP contribution >= 0.6 is 27.5 Å². The molecule has 3 heteroatoms. The highest BCUT2D eigenvalue weighted by molar-refractivity contribution is 9.10. The van der Waals surface area contributed by atoms with Crippen molar-refractivity contribution in [3.63, 3.8) is 0 Å². The van der Waals surface area contributed by atoms with Gasteiger partial charge in [-0.3, -0.25) is 0 Å². The Balaban J connectivity index is 2.30. The fourth-order valence-electron chi connectivity index (χ4n) is 2.38. The smallest absolute Gasteiger partial charge is 0.0500 e. The van der Waals surface area contributed by atoms with Gasteiger partial charge in [0.25, 0.3) is 0 Å². The second kappa shape index (κ2) is 6.64. The first-order valence-corrected chi connectivity index (χ1v) is 8.00. The molecule has 0 amide bonds. The molecule has 0 aliphatic carbocycles. The topological polar surface area (TPSA) is 12.0 Å². The number of hydrogen-bond donors (Lipinski definition) is 1. The molecule has 1 N–H and O–H groups in total. The van der Waals surface area contributed by atoms with Crippen molar-refractivity contribution in [3.8, 4) is 0 Å². The third-order valence-electron chi connectivity index (χ3n) is 3.53. The van der Waals surface area contributed by atoms with Crippen molar-refractivity contribution in [2.24, 2.45) is 0 Å². The lowest BCUT2D eigenvalue weighted by atomic mass is 10.0. The van der Waals surface area contributed by atoms with Gasteiger partial charge in [-0.1, -0.05) is 58.7 Å². The summed E-state index contributed by atoms with van der Waals surface area (Å²) in [6.45, 7) is 6.45. The molecular formula is C17H19BrClN. The van der Waals surface area contributed by atoms with Gasteiger partial charge in [0.1, 0.15) is 0 Å². The standard InChI is InChI=1S/C17H19BrClN/c1-4-13-7-5-6-11(2)17(13)20-12(3)15-9-8-14(18)10-16(15)19/h5-10,12,20H,4H2,1-3H3. The summed E-state index contributed by atoms with van der Waals surface area (Å²) in [7, 11) is 0. The molecule has 20 heavy (non-hydrogen) atoms. The summed E-state index contributed by atoms with van der Waals surface area (Å²) in [6, 6.07) is 12.6. The number of hydrogen-bond acceptors (Lipinski definition) is 1. The van der Waals surface area contributed by atoms with E-state index in [9.17, 15) is 0 Å². The number of para-hydroxylation sites is 1. The number of aryl methyl sites for hydroxylation is 2. The monoisotopic (exact) mass is 351 g/mol. The van der Waals surface area contributed by atoms with E-state index in [0.29, 0.717) is 0 Å². The Labute approximate surface area is 134 Å². The second-order valence-corrected chi connectivity index (χ2v) is 6.32. The maximum atomic E-state index is 6.33. The molecule has 0 fully saturated rings. The van der Waals surface area contributed by atoms with Gasteiger partial charge in [-0.15, -0.1) is 0 Å². The van der Waals surface area contributed by atoms with Gasteiger partial charge in [0.05, 0.1) is 6.04 Å². The van der Waals surface area contributed by atoms with Gasteiger partial charge < -0.3 is 5.32 Å². The van der Waals surface area contributed by atoms with Crippen LogP contribution in [0.3, 0.4) is 0 Å². The van der Waals surface area contributed by atoms with Crippen molar-refractivity contribution in [3.05, 3.63) is 62.6 Å². The van der Waals surface area contributed by atoms with Crippen LogP contribution in [0.25, 0.3) is 0 Å². The molecule has 0 bridgehead atoms. The van der Waals surface area contributed by atoms with Crippen LogP contribution in [0.5, 0.6) is 0 Å². The van der Waals surface area contributed by atoms with Gasteiger partial charge in [-0.05, 0) is 49.1 Å². The normalized spacial score (nSPS) is 12.2. The first-order chi connectivity index (χ1) is 9.52. The summed E-state index contributed by atoms with van der Waals surface area (Å²) in [5.41, 5.74) is 4.94. The van der Waals surface area contributed by atoms with Gasteiger partial charge in [-0.25, -0.2) is 0 Å². The molecular weight excluding hydrogens is 334 g/mol. The SMILES string of the molecule is CCc1cccc(C)c1NC(C)c1ccc(Br)cc1Cl. The number of rotatable bonds is 4. The van der Waals surface area contributed by atoms with Crippen LogP contribution in [-0.4, -0.2) is 0 Å². The predicted octanol–water partition coefficient (Wildman–Crippen LogP) is 6.15. The number of halogens is 2. The molecule has 0 saturated heterocycles. The Morgan fingerprint density at radius 2 is 2.00 bits per heavy atom. The van der Waals surface area contributed by atoms with Crippen LogP contribution in [0.2, 0.25) is 5.02 Å². The van der Waals surface area contributed by atoms with E-state index in [1.807, 2.05) is 12.1 Å². The summed E-state index contributed by atoms with van der Waals surface area (Å²) in [5.74, 6) is 0. The third kappa shape index (κ3) is 3.36. The van der Waals surface area contributed by atoms with Gasteiger partial charge in [0.2, 0.25) is 0 Å². The summed E-state index contributed by atoms with van der Waals surface area (Å²) in [5, 5.41) is 4.39. The van der Waals surface area contributed by atoms with Crippen LogP contribution in [0.4, 0.5) is 5.69 Å². The van der Waals surface area contributed by atoms with Crippen LogP contribution in [0.15, 0.2) is 40.9 Å². The molecule has 1 unspecified atom stereocenters. The molecule has 2 rings (SSSR count). The van der Waals surface area contributed by atoms with Gasteiger partial charge in [-0.2, -0.15) is 0 Å². The lowest BCUT2D eigenvalue weighted by Crippen LogP contribution is -2.10. The Bertz CT molecular complexity index is 610. The van der Waals surface area contributed by atoms with E-state index >= 15 is 0 Å². The van der Waals surface area contributed by atoms with Crippen molar-refractivity contribution in [1.82, 2.24) is 0 Å². The minimum absolute atomic E-state index is 0.169. The highest BCUT2D eigenvalue weighted by atomic mass is 79.9. The van der Waals surface area contributed by atoms with Gasteiger partial charge >= 0.3 is 0 Å². The zero-order valence-electron chi connectivity index (χ0n) is 12.0. The average molecular weight is 353 g/mol. The van der Waals surface area contributed by atoms with Crippen molar-refractivity contribution < 1.29 is 0 Å². The predicted molar refractivity (Wildman–Crippen MR) is 91.7 cm³/mol. The molecule has 106 valence electrons. The van der Waals surface area contributed by atoms with Crippen molar-refractivity contribution in [1.29, 1.82) is 0 Å². The molecule has 0 aliphatic rings. The van der Waals surface area contributed by atoms with E-state index in [0.717, 1.165) is 21.5 Å². The summed E-state index contributed by atoms with van der Waals surface area (Å²) in [4.78, 5) is 0. The van der Waals surface area contributed by atoms with Crippen LogP contribution in [0.1, 0.15) is 36.6 Å². The lowest BCUT2D eigenvalue weighted by molar-refractivity contribution is 0.876. The minimum Gasteiger partial charge on any atom is -0.378 e. The third-order valence-corrected chi connectivity index (χ3v) is 4.35. The first-order valence-electron chi connectivity index (χ1n) is 6.83. The number of benzene rings is 2. The molecule has 0 aliphatic heterocycles. The van der Waals surface area contributed by atoms with Crippen molar-refractivity contribution in [2.75, 3.05) is 5.32 Å². The Morgan fingerprint density at radius 1 is 1.25 bits per heavy atom. The zero-order chi connectivity index (χ0) is 14.7. The molecule has 0 radical (unpaired) electrons. The van der Waals surface area contributed by atoms with Crippen LogP contribution in [-0.2, 0) is 6.42 Å². The molecule has 1 nitrogen and oxygen atoms in total. The lowest BCUT2D eigenvalue weighted by Gasteiger charge is -2.21. The molecule has 2 aromatic carbocycles. The maximum absolute atomic E-state index is 6.33. The summed E-state index contributed by atoms with van der Waals surface area (Å²) >= 11 is 9.78. The van der Waals surface area contributed by atoms with E-state index in [-0.39, 0.29) is 6.04 Å². The Kier molecular flexibility index (Phi) is 5.11. The van der Waals surface area contributed by atoms with E-state index in [1.54, 1.807) is 0 Å². The highest BCUT2D eigenvalue weighted by Crippen LogP contribution is 2.31. The van der Waals surface area contributed by atoms with E-state index in [4.69, 9.17) is 11.6 Å². The van der Waals surface area contributed by atoms with E-state index in [2.05, 4.69) is 66.3 Å². The quantitative estimate of drug-likeness (QED) is 0.696. The highest BCUT2D eigenvalue weighted by Gasteiger charge is 2.12. The fourth-order valence-corrected chi connectivity index (χ4v) is 3.21. The number of anilines is 1. The summed E-state index contributed by atoms with van der Waals surface area (Å²) in [6.07, 6.45) is 1.02. The fraction of sp³-hybridized carbons (Fsp3) is 0.294. The Morgan fingerprint density at radius 3 is 2.65 bits per heavy atom. The van der Waals surface area contributed by atoms with Crippen LogP contribution in [0, 0.1) is 6.92 Å². The zero-order valence-corrected chi connectivity index (χ0v) is 14.3. The van der Waals surface area contributed by atoms with Gasteiger partial charge in [0.15, 0.2) is 0 Å². The Hall–Kier alpha value is -0.990. The van der Waals surface area contributed by atoms with Gasteiger partial charge in [0, 0.05) is 15.2 Å². The second-order valence-electron chi connectivity index (χ2n) is 4.99. The van der Waals surface area contributed by atoms with Crippen molar-refractivity contribution >= 4 is 33.2 Å². The molecule has 0 saturated carbocycles. The maximum Gasteiger partial charge on any atom is 0.0500 e. The molecule has 2 aromatic rings. The van der Waals surface area contributed by atoms with E-state index < -0.39 is 0 Å². The molecule has 0 aromatic heterocycles. The van der Waals surface area contributed by atoms with Crippen LogP contribution < -0.4 is 5.32 Å². The minimum atomic E-state index is 0.169. The average Bonchev–Trinajstić information content (AvgIpc) is 2.40. The largest absolute Gasteiger partial charge is 0.378 e.